The Morgan fingerprint density at radius 3 is 2.37 bits per heavy atom. The van der Waals surface area contributed by atoms with Crippen molar-refractivity contribution in [1.29, 1.82) is 5.26 Å². The van der Waals surface area contributed by atoms with Crippen LogP contribution < -0.4 is 5.73 Å². The number of Topliss-reactive ketones (excluding diaryl/α,β-unsaturated/α-hetero) is 1. The van der Waals surface area contributed by atoms with Gasteiger partial charge >= 0.3 is 0 Å². The molecule has 0 fully saturated rings. The number of hydrogen-bond donors (Lipinski definition) is 1. The molecule has 2 N–H and O–H groups in total. The highest BCUT2D eigenvalue weighted by molar-refractivity contribution is 5.99. The van der Waals surface area contributed by atoms with Gasteiger partial charge in [0, 0.05) is 18.4 Å². The highest BCUT2D eigenvalue weighted by atomic mass is 16.5. The average molecular weight is 356 g/mol. The molecule has 0 saturated carbocycles. The van der Waals surface area contributed by atoms with Gasteiger partial charge in [0.05, 0.1) is 5.92 Å². The summed E-state index contributed by atoms with van der Waals surface area (Å²) in [6.07, 6.45) is 1.14. The van der Waals surface area contributed by atoms with Crippen molar-refractivity contribution >= 4 is 5.78 Å². The second kappa shape index (κ2) is 6.77. The Bertz CT molecular complexity index is 995. The molecule has 2 aliphatic rings. The first-order valence-electron chi connectivity index (χ1n) is 9.07. The second-order valence-corrected chi connectivity index (χ2v) is 7.19. The van der Waals surface area contributed by atoms with Gasteiger partial charge in [-0.25, -0.2) is 0 Å². The molecule has 1 heterocycles. The largest absolute Gasteiger partial charge is 0.444 e. The Kier molecular flexibility index (Phi) is 4.29. The third-order valence-corrected chi connectivity index (χ3v) is 5.22. The van der Waals surface area contributed by atoms with Crippen LogP contribution in [0, 0.1) is 17.2 Å². The van der Waals surface area contributed by atoms with Crippen LogP contribution in [0.1, 0.15) is 31.2 Å². The predicted octanol–water partition coefficient (Wildman–Crippen LogP) is 4.41. The lowest BCUT2D eigenvalue weighted by Gasteiger charge is -2.33. The number of rotatable bonds is 2. The van der Waals surface area contributed by atoms with Crippen LogP contribution in [-0.4, -0.2) is 5.78 Å². The number of benzene rings is 2. The van der Waals surface area contributed by atoms with Crippen molar-refractivity contribution in [2.75, 3.05) is 0 Å². The average Bonchev–Trinajstić information content (AvgIpc) is 2.67. The van der Waals surface area contributed by atoms with Crippen LogP contribution in [0.2, 0.25) is 0 Å². The fourth-order valence-electron chi connectivity index (χ4n) is 3.93. The second-order valence-electron chi connectivity index (χ2n) is 7.19. The molecule has 0 bridgehead atoms. The van der Waals surface area contributed by atoms with Crippen molar-refractivity contribution in [3.63, 3.8) is 0 Å². The molecule has 2 atom stereocenters. The quantitative estimate of drug-likeness (QED) is 0.864. The van der Waals surface area contributed by atoms with Gasteiger partial charge in [0.1, 0.15) is 17.4 Å². The fraction of sp³-hybridized carbons (Fsp3) is 0.217. The van der Waals surface area contributed by atoms with Gasteiger partial charge < -0.3 is 10.5 Å². The van der Waals surface area contributed by atoms with Crippen molar-refractivity contribution in [1.82, 2.24) is 0 Å². The number of carbonyl (C=O) groups excluding carboxylic acids is 1. The predicted molar refractivity (Wildman–Crippen MR) is 103 cm³/mol. The minimum Gasteiger partial charge on any atom is -0.444 e. The van der Waals surface area contributed by atoms with Gasteiger partial charge in [-0.1, -0.05) is 61.5 Å². The van der Waals surface area contributed by atoms with E-state index in [1.165, 1.54) is 0 Å². The molecule has 0 amide bonds. The van der Waals surface area contributed by atoms with Crippen LogP contribution in [0.5, 0.6) is 0 Å². The molecule has 4 nitrogen and oxygen atoms in total. The van der Waals surface area contributed by atoms with E-state index in [1.807, 2.05) is 49.4 Å². The fourth-order valence-corrected chi connectivity index (χ4v) is 3.93. The van der Waals surface area contributed by atoms with Crippen LogP contribution in [0.15, 0.2) is 77.4 Å². The van der Waals surface area contributed by atoms with E-state index in [0.717, 1.165) is 16.7 Å². The molecule has 2 aromatic rings. The number of hydrogen-bond acceptors (Lipinski definition) is 4. The lowest BCUT2D eigenvalue weighted by atomic mass is 9.75. The first-order valence-corrected chi connectivity index (χ1v) is 9.07. The summed E-state index contributed by atoms with van der Waals surface area (Å²) in [4.78, 5) is 12.8. The summed E-state index contributed by atoms with van der Waals surface area (Å²) < 4.78 is 5.67. The number of nitriles is 1. The highest BCUT2D eigenvalue weighted by Crippen LogP contribution is 2.44. The molecular formula is C23H20N2O2. The smallest absolute Gasteiger partial charge is 0.205 e. The first-order chi connectivity index (χ1) is 13.1. The summed E-state index contributed by atoms with van der Waals surface area (Å²) in [5, 5.41) is 9.65. The lowest BCUT2D eigenvalue weighted by molar-refractivity contribution is -0.117. The minimum absolute atomic E-state index is 0.0427. The number of ketones is 1. The van der Waals surface area contributed by atoms with Crippen molar-refractivity contribution in [3.8, 4) is 17.2 Å². The van der Waals surface area contributed by atoms with Gasteiger partial charge in [0.15, 0.2) is 5.78 Å². The maximum absolute atomic E-state index is 12.8. The monoisotopic (exact) mass is 356 g/mol. The molecule has 0 radical (unpaired) electrons. The normalized spacial score (nSPS) is 22.1. The molecule has 1 aliphatic carbocycles. The molecule has 0 spiro atoms. The van der Waals surface area contributed by atoms with E-state index < -0.39 is 5.92 Å². The van der Waals surface area contributed by atoms with Gasteiger partial charge in [0.2, 0.25) is 5.88 Å². The number of ether oxygens (including phenoxy) is 1. The SMILES string of the molecule is C[C@H]1CC(=O)C2=C(C1)OC(N)=C(C#N)[C@H]2c1ccc(-c2ccccc2)cc1. The van der Waals surface area contributed by atoms with E-state index in [-0.39, 0.29) is 17.6 Å². The van der Waals surface area contributed by atoms with Gasteiger partial charge in [-0.15, -0.1) is 0 Å². The number of carbonyl (C=O) groups is 1. The van der Waals surface area contributed by atoms with Gasteiger partial charge in [-0.3, -0.25) is 4.79 Å². The molecule has 0 unspecified atom stereocenters. The first kappa shape index (κ1) is 17.1. The molecule has 134 valence electrons. The standard InChI is InChI=1S/C23H20N2O2/c1-14-11-19(26)22-20(12-14)27-23(25)18(13-24)21(22)17-9-7-16(8-10-17)15-5-3-2-4-6-15/h2-10,14,21H,11-12,25H2,1H3/t14-,21+/m0/s1. The van der Waals surface area contributed by atoms with Crippen molar-refractivity contribution in [3.05, 3.63) is 82.9 Å². The Labute approximate surface area is 158 Å². The van der Waals surface area contributed by atoms with Crippen molar-refractivity contribution < 1.29 is 9.53 Å². The van der Waals surface area contributed by atoms with E-state index in [9.17, 15) is 10.1 Å². The molecule has 1 aliphatic heterocycles. The van der Waals surface area contributed by atoms with Crippen molar-refractivity contribution in [2.45, 2.75) is 25.7 Å². The summed E-state index contributed by atoms with van der Waals surface area (Å²) in [7, 11) is 0. The zero-order chi connectivity index (χ0) is 19.0. The maximum Gasteiger partial charge on any atom is 0.205 e. The summed E-state index contributed by atoms with van der Waals surface area (Å²) in [6, 6.07) is 20.2. The summed E-state index contributed by atoms with van der Waals surface area (Å²) in [5.41, 5.74) is 10.0. The zero-order valence-corrected chi connectivity index (χ0v) is 15.1. The van der Waals surface area contributed by atoms with Crippen LogP contribution in [0.4, 0.5) is 0 Å². The molecule has 4 rings (SSSR count). The number of nitrogens with two attached hydrogens (primary N) is 1. The molecule has 0 aromatic heterocycles. The molecule has 4 heteroatoms. The molecule has 2 aromatic carbocycles. The topological polar surface area (TPSA) is 76.1 Å². The van der Waals surface area contributed by atoms with Crippen LogP contribution in [0.25, 0.3) is 11.1 Å². The number of allylic oxidation sites excluding steroid dienone is 3. The van der Waals surface area contributed by atoms with E-state index in [0.29, 0.717) is 29.7 Å². The summed E-state index contributed by atoms with van der Waals surface area (Å²) >= 11 is 0. The lowest BCUT2D eigenvalue weighted by Crippen LogP contribution is -2.29. The van der Waals surface area contributed by atoms with E-state index in [2.05, 4.69) is 18.2 Å². The Morgan fingerprint density at radius 1 is 1.04 bits per heavy atom. The van der Waals surface area contributed by atoms with E-state index >= 15 is 0 Å². The molecule has 0 saturated heterocycles. The third-order valence-electron chi connectivity index (χ3n) is 5.22. The zero-order valence-electron chi connectivity index (χ0n) is 15.1. The van der Waals surface area contributed by atoms with E-state index in [4.69, 9.17) is 10.5 Å². The van der Waals surface area contributed by atoms with Crippen molar-refractivity contribution in [2.24, 2.45) is 11.7 Å². The van der Waals surface area contributed by atoms with Crippen LogP contribution >= 0.6 is 0 Å². The van der Waals surface area contributed by atoms with Gasteiger partial charge in [0.25, 0.3) is 0 Å². The third kappa shape index (κ3) is 3.02. The Balaban J connectivity index is 1.78. The van der Waals surface area contributed by atoms with Gasteiger partial charge in [-0.2, -0.15) is 5.26 Å². The van der Waals surface area contributed by atoms with Gasteiger partial charge in [-0.05, 0) is 22.6 Å². The summed E-state index contributed by atoms with van der Waals surface area (Å²) in [6.45, 7) is 2.02. The molecular weight excluding hydrogens is 336 g/mol. The van der Waals surface area contributed by atoms with E-state index in [1.54, 1.807) is 0 Å². The Morgan fingerprint density at radius 2 is 1.70 bits per heavy atom. The molecule has 27 heavy (non-hydrogen) atoms. The Hall–Kier alpha value is -3.32. The minimum atomic E-state index is -0.455. The van der Waals surface area contributed by atoms with Crippen LogP contribution in [0.3, 0.4) is 0 Å². The highest BCUT2D eigenvalue weighted by Gasteiger charge is 2.39. The van der Waals surface area contributed by atoms with Crippen LogP contribution in [-0.2, 0) is 9.53 Å². The number of nitrogens with zero attached hydrogens (tertiary/aromatic N) is 1. The maximum atomic E-state index is 12.8. The summed E-state index contributed by atoms with van der Waals surface area (Å²) in [5.74, 6) is 0.529.